The molecule has 2 amide bonds. The van der Waals surface area contributed by atoms with Gasteiger partial charge < -0.3 is 20.5 Å². The molecular formula is C22H21FN4O4S. The molecule has 1 atom stereocenters. The summed E-state index contributed by atoms with van der Waals surface area (Å²) in [5.74, 6) is 0.516. The average molecular weight is 456 g/mol. The third-order valence-corrected chi connectivity index (χ3v) is 6.21. The fraction of sp³-hybridized carbons (Fsp3) is 0.227. The number of halogens is 1. The van der Waals surface area contributed by atoms with Gasteiger partial charge in [-0.3, -0.25) is 9.59 Å². The lowest BCUT2D eigenvalue weighted by Crippen LogP contribution is -2.20. The minimum absolute atomic E-state index is 0.157. The van der Waals surface area contributed by atoms with Gasteiger partial charge in [0, 0.05) is 5.56 Å². The van der Waals surface area contributed by atoms with Gasteiger partial charge in [-0.1, -0.05) is 6.07 Å². The lowest BCUT2D eigenvalue weighted by atomic mass is 10.0. The molecule has 0 fully saturated rings. The van der Waals surface area contributed by atoms with Gasteiger partial charge in [-0.25, -0.2) is 9.07 Å². The van der Waals surface area contributed by atoms with E-state index in [0.29, 0.717) is 23.0 Å². The molecule has 166 valence electrons. The Bertz CT molecular complexity index is 1180. The van der Waals surface area contributed by atoms with Crippen molar-refractivity contribution in [3.63, 3.8) is 0 Å². The molecule has 0 saturated carbocycles. The number of fused-ring (bicyclic) bond motifs is 1. The van der Waals surface area contributed by atoms with E-state index in [-0.39, 0.29) is 29.3 Å². The summed E-state index contributed by atoms with van der Waals surface area (Å²) in [6, 6.07) is 11.3. The summed E-state index contributed by atoms with van der Waals surface area (Å²) in [7, 11) is 1.50. The van der Waals surface area contributed by atoms with E-state index in [1.54, 1.807) is 22.9 Å². The number of rotatable bonds is 6. The Morgan fingerprint density at radius 2 is 2.03 bits per heavy atom. The van der Waals surface area contributed by atoms with Gasteiger partial charge in [-0.2, -0.15) is 5.10 Å². The fourth-order valence-corrected chi connectivity index (χ4v) is 4.71. The van der Waals surface area contributed by atoms with Gasteiger partial charge >= 0.3 is 0 Å². The van der Waals surface area contributed by atoms with Crippen molar-refractivity contribution < 1.29 is 23.5 Å². The maximum absolute atomic E-state index is 13.4. The molecule has 32 heavy (non-hydrogen) atoms. The van der Waals surface area contributed by atoms with E-state index >= 15 is 0 Å². The largest absolute Gasteiger partial charge is 0.493 e. The minimum atomic E-state index is -0.589. The Hall–Kier alpha value is -3.53. The zero-order valence-corrected chi connectivity index (χ0v) is 18.2. The normalized spacial score (nSPS) is 15.5. The predicted molar refractivity (Wildman–Crippen MR) is 119 cm³/mol. The standard InChI is InChI=1S/C22H21FN4O4S/c1-12-20-21(13-3-8-16(17(9-13)30-2)31-10-18(24)28)32-11-19(29)25-22(20)27(26-12)15-6-4-14(23)5-7-15/h3-9,21H,10-11H2,1-2H3,(H2,24,28)(H,25,29)/t21-/m0/s1. The van der Waals surface area contributed by atoms with Crippen molar-refractivity contribution in [2.75, 3.05) is 24.8 Å². The molecule has 3 aromatic rings. The number of nitrogens with zero attached hydrogens (tertiary/aromatic N) is 2. The molecule has 0 aliphatic carbocycles. The van der Waals surface area contributed by atoms with Crippen LogP contribution in [0.5, 0.6) is 11.5 Å². The SMILES string of the molecule is COc1cc([C@@H]2SCC(=O)Nc3c2c(C)nn3-c2ccc(F)cc2)ccc1OCC(N)=O. The van der Waals surface area contributed by atoms with Crippen molar-refractivity contribution in [1.29, 1.82) is 0 Å². The highest BCUT2D eigenvalue weighted by Gasteiger charge is 2.31. The number of hydrogen-bond donors (Lipinski definition) is 2. The summed E-state index contributed by atoms with van der Waals surface area (Å²) in [6.07, 6.45) is 0. The van der Waals surface area contributed by atoms with E-state index in [1.807, 2.05) is 19.1 Å². The molecule has 10 heteroatoms. The molecule has 1 aliphatic heterocycles. The number of nitrogens with two attached hydrogens (primary N) is 1. The van der Waals surface area contributed by atoms with Crippen LogP contribution in [0.3, 0.4) is 0 Å². The number of methoxy groups -OCH3 is 1. The number of primary amides is 1. The third-order valence-electron chi connectivity index (χ3n) is 4.94. The first-order valence-corrected chi connectivity index (χ1v) is 10.8. The van der Waals surface area contributed by atoms with E-state index in [0.717, 1.165) is 16.8 Å². The Balaban J connectivity index is 1.78. The summed E-state index contributed by atoms with van der Waals surface area (Å²) in [5, 5.41) is 7.32. The molecule has 0 radical (unpaired) electrons. The van der Waals surface area contributed by atoms with E-state index < -0.39 is 5.91 Å². The zero-order valence-electron chi connectivity index (χ0n) is 17.4. The number of carbonyl (C=O) groups excluding carboxylic acids is 2. The van der Waals surface area contributed by atoms with Crippen molar-refractivity contribution in [3.8, 4) is 17.2 Å². The second-order valence-electron chi connectivity index (χ2n) is 7.14. The van der Waals surface area contributed by atoms with Crippen LogP contribution in [0, 0.1) is 12.7 Å². The monoisotopic (exact) mass is 456 g/mol. The van der Waals surface area contributed by atoms with Crippen LogP contribution in [0.15, 0.2) is 42.5 Å². The van der Waals surface area contributed by atoms with E-state index in [9.17, 15) is 14.0 Å². The first kappa shape index (κ1) is 21.7. The number of aryl methyl sites for hydroxylation is 1. The molecule has 2 heterocycles. The molecular weight excluding hydrogens is 435 g/mol. The van der Waals surface area contributed by atoms with Crippen molar-refractivity contribution in [2.24, 2.45) is 5.73 Å². The highest BCUT2D eigenvalue weighted by molar-refractivity contribution is 8.00. The lowest BCUT2D eigenvalue weighted by molar-refractivity contribution is -0.120. The second-order valence-corrected chi connectivity index (χ2v) is 8.23. The molecule has 0 bridgehead atoms. The highest BCUT2D eigenvalue weighted by Crippen LogP contribution is 2.45. The summed E-state index contributed by atoms with van der Waals surface area (Å²) in [6.45, 7) is 1.60. The summed E-state index contributed by atoms with van der Waals surface area (Å²) in [4.78, 5) is 23.5. The number of hydrogen-bond acceptors (Lipinski definition) is 6. The Labute approximate surface area is 187 Å². The Kier molecular flexibility index (Phi) is 6.04. The Morgan fingerprint density at radius 3 is 2.72 bits per heavy atom. The van der Waals surface area contributed by atoms with Crippen LogP contribution >= 0.6 is 11.8 Å². The quantitative estimate of drug-likeness (QED) is 0.590. The second kappa shape index (κ2) is 8.91. The van der Waals surface area contributed by atoms with Crippen LogP contribution in [-0.2, 0) is 9.59 Å². The number of aromatic nitrogens is 2. The lowest BCUT2D eigenvalue weighted by Gasteiger charge is -2.18. The van der Waals surface area contributed by atoms with Gasteiger partial charge in [0.05, 0.1) is 29.5 Å². The van der Waals surface area contributed by atoms with Gasteiger partial charge in [0.2, 0.25) is 5.91 Å². The molecule has 8 nitrogen and oxygen atoms in total. The Morgan fingerprint density at radius 1 is 1.28 bits per heavy atom. The summed E-state index contributed by atoms with van der Waals surface area (Å²) < 4.78 is 25.9. The number of ether oxygens (including phenoxy) is 2. The van der Waals surface area contributed by atoms with E-state index in [2.05, 4.69) is 10.4 Å². The molecule has 2 aromatic carbocycles. The fourth-order valence-electron chi connectivity index (χ4n) is 3.53. The predicted octanol–water partition coefficient (Wildman–Crippen LogP) is 2.97. The summed E-state index contributed by atoms with van der Waals surface area (Å²) in [5.41, 5.74) is 8.25. The molecule has 1 aliphatic rings. The van der Waals surface area contributed by atoms with Crippen molar-refractivity contribution in [2.45, 2.75) is 12.2 Å². The van der Waals surface area contributed by atoms with Crippen molar-refractivity contribution >= 4 is 29.4 Å². The zero-order chi connectivity index (χ0) is 22.8. The van der Waals surface area contributed by atoms with Crippen molar-refractivity contribution in [3.05, 3.63) is 65.1 Å². The van der Waals surface area contributed by atoms with Crippen LogP contribution in [0.1, 0.15) is 22.1 Å². The third kappa shape index (κ3) is 4.26. The molecule has 0 spiro atoms. The number of nitrogens with one attached hydrogen (secondary N) is 1. The number of amides is 2. The maximum atomic E-state index is 13.4. The number of thioether (sulfide) groups is 1. The van der Waals surface area contributed by atoms with Crippen LogP contribution in [-0.4, -0.2) is 41.1 Å². The van der Waals surface area contributed by atoms with Crippen LogP contribution in [0.2, 0.25) is 0 Å². The molecule has 0 unspecified atom stereocenters. The van der Waals surface area contributed by atoms with Gasteiger partial charge in [-0.15, -0.1) is 11.8 Å². The minimum Gasteiger partial charge on any atom is -0.493 e. The van der Waals surface area contributed by atoms with Gasteiger partial charge in [0.1, 0.15) is 11.6 Å². The van der Waals surface area contributed by atoms with Gasteiger partial charge in [0.25, 0.3) is 5.91 Å². The van der Waals surface area contributed by atoms with Crippen LogP contribution in [0.25, 0.3) is 5.69 Å². The smallest absolute Gasteiger partial charge is 0.255 e. The molecule has 0 saturated heterocycles. The van der Waals surface area contributed by atoms with Gasteiger partial charge in [-0.05, 0) is 48.9 Å². The number of benzene rings is 2. The molecule has 1 aromatic heterocycles. The highest BCUT2D eigenvalue weighted by atomic mass is 32.2. The number of anilines is 1. The van der Waals surface area contributed by atoms with Gasteiger partial charge in [0.15, 0.2) is 18.1 Å². The maximum Gasteiger partial charge on any atom is 0.255 e. The molecule has 4 rings (SSSR count). The summed E-state index contributed by atoms with van der Waals surface area (Å²) >= 11 is 1.46. The van der Waals surface area contributed by atoms with Crippen LogP contribution < -0.4 is 20.5 Å². The van der Waals surface area contributed by atoms with Crippen molar-refractivity contribution in [1.82, 2.24) is 9.78 Å². The first-order chi connectivity index (χ1) is 15.4. The van der Waals surface area contributed by atoms with E-state index in [1.165, 1.54) is 31.0 Å². The topological polar surface area (TPSA) is 108 Å². The van der Waals surface area contributed by atoms with Crippen LogP contribution in [0.4, 0.5) is 10.2 Å². The molecule has 3 N–H and O–H groups in total. The average Bonchev–Trinajstić information content (AvgIpc) is 2.97. The van der Waals surface area contributed by atoms with E-state index in [4.69, 9.17) is 15.2 Å². The number of carbonyl (C=O) groups is 2. The first-order valence-electron chi connectivity index (χ1n) is 9.73.